The van der Waals surface area contributed by atoms with Gasteiger partial charge in [0.15, 0.2) is 0 Å². The SMILES string of the molecule is CC(CN)SCc1nc(-c2ccc(Cl)cc2)no1. The number of rotatable bonds is 5. The monoisotopic (exact) mass is 283 g/mol. The van der Waals surface area contributed by atoms with Crippen molar-refractivity contribution >= 4 is 23.4 Å². The van der Waals surface area contributed by atoms with E-state index in [1.165, 1.54) is 0 Å². The summed E-state index contributed by atoms with van der Waals surface area (Å²) in [5.41, 5.74) is 6.44. The van der Waals surface area contributed by atoms with E-state index in [9.17, 15) is 0 Å². The molecule has 1 unspecified atom stereocenters. The summed E-state index contributed by atoms with van der Waals surface area (Å²) < 4.78 is 5.19. The second-order valence-electron chi connectivity index (χ2n) is 3.88. The van der Waals surface area contributed by atoms with Gasteiger partial charge in [-0.15, -0.1) is 11.8 Å². The molecular weight excluding hydrogens is 270 g/mol. The van der Waals surface area contributed by atoms with Crippen molar-refractivity contribution in [2.75, 3.05) is 6.54 Å². The number of benzene rings is 1. The van der Waals surface area contributed by atoms with E-state index in [4.69, 9.17) is 21.9 Å². The molecule has 6 heteroatoms. The highest BCUT2D eigenvalue weighted by molar-refractivity contribution is 7.99. The number of aromatic nitrogens is 2. The van der Waals surface area contributed by atoms with Crippen molar-refractivity contribution in [2.45, 2.75) is 17.9 Å². The van der Waals surface area contributed by atoms with Crippen molar-refractivity contribution in [1.29, 1.82) is 0 Å². The first kappa shape index (κ1) is 13.4. The lowest BCUT2D eigenvalue weighted by Gasteiger charge is -2.03. The minimum Gasteiger partial charge on any atom is -0.338 e. The zero-order valence-corrected chi connectivity index (χ0v) is 11.5. The Labute approximate surface area is 115 Å². The van der Waals surface area contributed by atoms with Crippen LogP contribution >= 0.6 is 23.4 Å². The molecule has 2 aromatic rings. The summed E-state index contributed by atoms with van der Waals surface area (Å²) in [6, 6.07) is 7.34. The average Bonchev–Trinajstić information content (AvgIpc) is 2.85. The van der Waals surface area contributed by atoms with Gasteiger partial charge in [0, 0.05) is 22.4 Å². The summed E-state index contributed by atoms with van der Waals surface area (Å²) in [5, 5.41) is 5.02. The molecule has 0 saturated heterocycles. The molecular formula is C12H14ClN3OS. The Kier molecular flexibility index (Phi) is 4.63. The minimum absolute atomic E-state index is 0.385. The predicted molar refractivity (Wildman–Crippen MR) is 74.6 cm³/mol. The Bertz CT molecular complexity index is 500. The first-order valence-corrected chi connectivity index (χ1v) is 7.02. The third-order valence-corrected chi connectivity index (χ3v) is 3.82. The van der Waals surface area contributed by atoms with Crippen LogP contribution in [0.15, 0.2) is 28.8 Å². The fourth-order valence-corrected chi connectivity index (χ4v) is 2.12. The minimum atomic E-state index is 0.385. The van der Waals surface area contributed by atoms with Crippen LogP contribution in [0.2, 0.25) is 5.02 Å². The fourth-order valence-electron chi connectivity index (χ4n) is 1.31. The van der Waals surface area contributed by atoms with Crippen LogP contribution in [0.25, 0.3) is 11.4 Å². The van der Waals surface area contributed by atoms with E-state index in [1.807, 2.05) is 12.1 Å². The maximum Gasteiger partial charge on any atom is 0.236 e. The smallest absolute Gasteiger partial charge is 0.236 e. The number of nitrogens with zero attached hydrogens (tertiary/aromatic N) is 2. The van der Waals surface area contributed by atoms with Crippen LogP contribution in [0, 0.1) is 0 Å². The highest BCUT2D eigenvalue weighted by atomic mass is 35.5. The van der Waals surface area contributed by atoms with E-state index < -0.39 is 0 Å². The van der Waals surface area contributed by atoms with Gasteiger partial charge in [-0.1, -0.05) is 23.7 Å². The average molecular weight is 284 g/mol. The molecule has 1 atom stereocenters. The number of hydrogen-bond donors (Lipinski definition) is 1. The molecule has 2 rings (SSSR count). The van der Waals surface area contributed by atoms with Crippen molar-refractivity contribution in [3.05, 3.63) is 35.2 Å². The second-order valence-corrected chi connectivity index (χ2v) is 5.74. The molecule has 0 aliphatic carbocycles. The molecule has 0 saturated carbocycles. The zero-order valence-electron chi connectivity index (χ0n) is 9.97. The molecule has 0 amide bonds. The summed E-state index contributed by atoms with van der Waals surface area (Å²) in [5.74, 6) is 1.88. The number of thioether (sulfide) groups is 1. The molecule has 0 fully saturated rings. The van der Waals surface area contributed by atoms with E-state index in [-0.39, 0.29) is 0 Å². The number of hydrogen-bond acceptors (Lipinski definition) is 5. The Morgan fingerprint density at radius 2 is 2.11 bits per heavy atom. The van der Waals surface area contributed by atoms with Crippen LogP contribution < -0.4 is 5.73 Å². The van der Waals surface area contributed by atoms with Gasteiger partial charge in [0.1, 0.15) is 0 Å². The summed E-state index contributed by atoms with van der Waals surface area (Å²) in [6.45, 7) is 2.71. The van der Waals surface area contributed by atoms with Crippen molar-refractivity contribution in [2.24, 2.45) is 5.73 Å². The van der Waals surface area contributed by atoms with Crippen LogP contribution in [-0.2, 0) is 5.75 Å². The topological polar surface area (TPSA) is 64.9 Å². The maximum atomic E-state index is 5.83. The molecule has 18 heavy (non-hydrogen) atoms. The van der Waals surface area contributed by atoms with Gasteiger partial charge in [0.05, 0.1) is 5.75 Å². The summed E-state index contributed by atoms with van der Waals surface area (Å²) >= 11 is 7.52. The van der Waals surface area contributed by atoms with Gasteiger partial charge in [0.2, 0.25) is 11.7 Å². The van der Waals surface area contributed by atoms with Gasteiger partial charge in [0.25, 0.3) is 0 Å². The van der Waals surface area contributed by atoms with Crippen LogP contribution in [0.5, 0.6) is 0 Å². The Morgan fingerprint density at radius 3 is 2.78 bits per heavy atom. The van der Waals surface area contributed by atoms with Gasteiger partial charge in [-0.3, -0.25) is 0 Å². The highest BCUT2D eigenvalue weighted by Crippen LogP contribution is 2.21. The maximum absolute atomic E-state index is 5.83. The first-order chi connectivity index (χ1) is 8.69. The van der Waals surface area contributed by atoms with Gasteiger partial charge >= 0.3 is 0 Å². The van der Waals surface area contributed by atoms with E-state index in [1.54, 1.807) is 23.9 Å². The van der Waals surface area contributed by atoms with Crippen LogP contribution in [0.1, 0.15) is 12.8 Å². The fraction of sp³-hybridized carbons (Fsp3) is 0.333. The normalized spacial score (nSPS) is 12.6. The molecule has 0 spiro atoms. The highest BCUT2D eigenvalue weighted by Gasteiger charge is 2.10. The van der Waals surface area contributed by atoms with Crippen LogP contribution in [-0.4, -0.2) is 21.9 Å². The van der Waals surface area contributed by atoms with Crippen molar-refractivity contribution < 1.29 is 4.52 Å². The lowest BCUT2D eigenvalue weighted by atomic mass is 10.2. The molecule has 1 aromatic heterocycles. The van der Waals surface area contributed by atoms with Crippen LogP contribution in [0.4, 0.5) is 0 Å². The Hall–Kier alpha value is -1.04. The van der Waals surface area contributed by atoms with Gasteiger partial charge < -0.3 is 10.3 Å². The molecule has 1 aromatic carbocycles. The second kappa shape index (κ2) is 6.22. The first-order valence-electron chi connectivity index (χ1n) is 5.59. The third-order valence-electron chi connectivity index (χ3n) is 2.39. The standard InChI is InChI=1S/C12H14ClN3OS/c1-8(6-14)18-7-11-15-12(16-17-11)9-2-4-10(13)5-3-9/h2-5,8H,6-7,14H2,1H3. The third kappa shape index (κ3) is 3.48. The Balaban J connectivity index is 2.03. The van der Waals surface area contributed by atoms with E-state index in [0.29, 0.717) is 34.3 Å². The van der Waals surface area contributed by atoms with Crippen LogP contribution in [0.3, 0.4) is 0 Å². The van der Waals surface area contributed by atoms with E-state index in [2.05, 4.69) is 17.1 Å². The van der Waals surface area contributed by atoms with Gasteiger partial charge in [-0.25, -0.2) is 0 Å². The lowest BCUT2D eigenvalue weighted by Crippen LogP contribution is -2.12. The Morgan fingerprint density at radius 1 is 1.39 bits per heavy atom. The molecule has 4 nitrogen and oxygen atoms in total. The molecule has 0 bridgehead atoms. The largest absolute Gasteiger partial charge is 0.338 e. The molecule has 2 N–H and O–H groups in total. The molecule has 0 aliphatic heterocycles. The molecule has 96 valence electrons. The quantitative estimate of drug-likeness (QED) is 0.914. The molecule has 0 aliphatic rings. The van der Waals surface area contributed by atoms with Crippen molar-refractivity contribution in [3.8, 4) is 11.4 Å². The zero-order chi connectivity index (χ0) is 13.0. The number of nitrogens with two attached hydrogens (primary N) is 1. The van der Waals surface area contributed by atoms with Crippen molar-refractivity contribution in [1.82, 2.24) is 10.1 Å². The van der Waals surface area contributed by atoms with Crippen molar-refractivity contribution in [3.63, 3.8) is 0 Å². The summed E-state index contributed by atoms with van der Waals surface area (Å²) in [6.07, 6.45) is 0. The molecule has 1 heterocycles. The lowest BCUT2D eigenvalue weighted by molar-refractivity contribution is 0.391. The van der Waals surface area contributed by atoms with E-state index in [0.717, 1.165) is 5.56 Å². The number of halogens is 1. The predicted octanol–water partition coefficient (Wildman–Crippen LogP) is 2.97. The van der Waals surface area contributed by atoms with Gasteiger partial charge in [-0.2, -0.15) is 4.98 Å². The van der Waals surface area contributed by atoms with E-state index >= 15 is 0 Å². The molecule has 0 radical (unpaired) electrons. The summed E-state index contributed by atoms with van der Waals surface area (Å²) in [4.78, 5) is 4.33. The summed E-state index contributed by atoms with van der Waals surface area (Å²) in [7, 11) is 0. The van der Waals surface area contributed by atoms with Gasteiger partial charge in [-0.05, 0) is 24.3 Å².